The third kappa shape index (κ3) is 3.62. The highest BCUT2D eigenvalue weighted by Crippen LogP contribution is 2.67. The van der Waals surface area contributed by atoms with E-state index in [1.165, 1.54) is 12.8 Å². The molecule has 1 aromatic carbocycles. The van der Waals surface area contributed by atoms with Crippen LogP contribution < -0.4 is 16.0 Å². The number of fused-ring (bicyclic) bond motifs is 2. The van der Waals surface area contributed by atoms with Gasteiger partial charge < -0.3 is 41.1 Å². The summed E-state index contributed by atoms with van der Waals surface area (Å²) in [5, 5.41) is 48.4. The molecule has 43 heavy (non-hydrogen) atoms. The zero-order valence-electron chi connectivity index (χ0n) is 24.6. The van der Waals surface area contributed by atoms with E-state index >= 15 is 0 Å². The number of primary amides is 1. The molecule has 4 aliphatic carbocycles. The summed E-state index contributed by atoms with van der Waals surface area (Å²) in [7, 11) is 6.96. The number of ketones is 1. The van der Waals surface area contributed by atoms with E-state index in [0.717, 1.165) is 13.1 Å². The zero-order chi connectivity index (χ0) is 31.0. The van der Waals surface area contributed by atoms with Crippen LogP contribution in [0.15, 0.2) is 23.0 Å². The van der Waals surface area contributed by atoms with Gasteiger partial charge in [0.05, 0.1) is 23.8 Å². The van der Waals surface area contributed by atoms with Gasteiger partial charge in [-0.15, -0.1) is 0 Å². The van der Waals surface area contributed by atoms with Crippen molar-refractivity contribution in [2.45, 2.75) is 43.1 Å². The summed E-state index contributed by atoms with van der Waals surface area (Å²) in [6.07, 6.45) is 2.86. The van der Waals surface area contributed by atoms with E-state index < -0.39 is 58.0 Å². The Hall–Kier alpha value is -3.65. The average molecular weight is 596 g/mol. The number of phenols is 1. The summed E-state index contributed by atoms with van der Waals surface area (Å²) in [5.74, 6) is -7.21. The number of Topliss-reactive ketones (excluding diaryl/α,β-unsaturated/α-hetero) is 1. The Morgan fingerprint density at radius 1 is 1.16 bits per heavy atom. The van der Waals surface area contributed by atoms with Crippen LogP contribution in [0.2, 0.25) is 0 Å². The summed E-state index contributed by atoms with van der Waals surface area (Å²) >= 11 is 0. The van der Waals surface area contributed by atoms with Gasteiger partial charge in [0.1, 0.15) is 22.8 Å². The number of hydrogen-bond donors (Lipinski definition) is 6. The first-order valence-electron chi connectivity index (χ1n) is 14.5. The molecule has 2 saturated heterocycles. The van der Waals surface area contributed by atoms with Gasteiger partial charge in [-0.1, -0.05) is 0 Å². The third-order valence-electron chi connectivity index (χ3n) is 10.4. The second-order valence-corrected chi connectivity index (χ2v) is 13.6. The van der Waals surface area contributed by atoms with Crippen LogP contribution in [0.25, 0.3) is 5.76 Å². The molecule has 7 rings (SSSR count). The monoisotopic (exact) mass is 595 g/mol. The number of benzene rings is 1. The van der Waals surface area contributed by atoms with Gasteiger partial charge in [-0.25, -0.2) is 0 Å². The number of carbonyl (C=O) groups excluding carboxylic acids is 3. The van der Waals surface area contributed by atoms with Crippen LogP contribution >= 0.6 is 0 Å². The molecular weight excluding hydrogens is 558 g/mol. The number of likely N-dealkylation sites (tertiary alicyclic amines) is 1. The largest absolute Gasteiger partial charge is 0.510 e. The summed E-state index contributed by atoms with van der Waals surface area (Å²) in [6, 6.07) is 0.800. The summed E-state index contributed by atoms with van der Waals surface area (Å²) < 4.78 is 5.70. The first kappa shape index (κ1) is 28.1. The minimum absolute atomic E-state index is 0.0227. The van der Waals surface area contributed by atoms with Gasteiger partial charge in [-0.2, -0.15) is 0 Å². The van der Waals surface area contributed by atoms with Gasteiger partial charge in [0.25, 0.3) is 5.91 Å². The molecule has 2 saturated carbocycles. The van der Waals surface area contributed by atoms with Crippen LogP contribution in [0, 0.1) is 17.3 Å². The SMILES string of the molecule is CN(C)c1cc(NC(=O)CN2CC3(CC3)C2)c(O)c2c1C[C@H]1C[C@H]3[C@H](N(C)C)C(O)=C(C(N)=O)C4(O)O[C@]34C(=O)C1=C2O. The van der Waals surface area contributed by atoms with Crippen molar-refractivity contribution >= 4 is 34.7 Å². The molecular formula is C30H37N5O8. The van der Waals surface area contributed by atoms with Crippen LogP contribution in [-0.2, 0) is 25.5 Å². The van der Waals surface area contributed by atoms with Gasteiger partial charge in [0, 0.05) is 44.4 Å². The topological polar surface area (TPSA) is 192 Å². The fourth-order valence-corrected chi connectivity index (χ4v) is 8.30. The molecule has 1 aromatic rings. The lowest BCUT2D eigenvalue weighted by Gasteiger charge is -2.46. The molecule has 2 amide bonds. The molecule has 0 radical (unpaired) electrons. The molecule has 7 N–H and O–H groups in total. The Morgan fingerprint density at radius 2 is 1.84 bits per heavy atom. The van der Waals surface area contributed by atoms with Gasteiger partial charge in [0.15, 0.2) is 5.60 Å². The number of epoxide rings is 1. The quantitative estimate of drug-likeness (QED) is 0.195. The minimum Gasteiger partial charge on any atom is -0.510 e. The molecule has 6 aliphatic rings. The maximum absolute atomic E-state index is 14.3. The van der Waals surface area contributed by atoms with Gasteiger partial charge in [-0.3, -0.25) is 24.2 Å². The maximum atomic E-state index is 14.3. The second-order valence-electron chi connectivity index (χ2n) is 13.6. The number of nitrogens with one attached hydrogen (secondary N) is 1. The summed E-state index contributed by atoms with van der Waals surface area (Å²) in [5.41, 5.74) is 4.71. The van der Waals surface area contributed by atoms with Crippen molar-refractivity contribution < 1.29 is 39.5 Å². The van der Waals surface area contributed by atoms with E-state index in [1.54, 1.807) is 39.2 Å². The Morgan fingerprint density at radius 3 is 2.42 bits per heavy atom. The fourth-order valence-electron chi connectivity index (χ4n) is 8.30. The number of aromatic hydroxyl groups is 1. The number of aliphatic hydroxyl groups excluding tert-OH is 2. The molecule has 2 spiro atoms. The molecule has 1 unspecified atom stereocenters. The number of aliphatic hydroxyl groups is 3. The summed E-state index contributed by atoms with van der Waals surface area (Å²) in [4.78, 5) is 45.1. The first-order valence-corrected chi connectivity index (χ1v) is 14.5. The molecule has 0 aromatic heterocycles. The number of phenolic OH excluding ortho intramolecular Hbond substituents is 1. The van der Waals surface area contributed by atoms with Crippen molar-refractivity contribution in [3.05, 3.63) is 34.1 Å². The Kier molecular flexibility index (Phi) is 5.70. The van der Waals surface area contributed by atoms with Gasteiger partial charge in [0.2, 0.25) is 17.5 Å². The smallest absolute Gasteiger partial charge is 0.253 e. The number of nitrogens with zero attached hydrogens (tertiary/aromatic N) is 3. The van der Waals surface area contributed by atoms with Gasteiger partial charge in [-0.05, 0) is 62.7 Å². The predicted molar refractivity (Wildman–Crippen MR) is 154 cm³/mol. The highest BCUT2D eigenvalue weighted by atomic mass is 16.8. The second kappa shape index (κ2) is 8.72. The minimum atomic E-state index is -2.45. The molecule has 230 valence electrons. The Labute approximate surface area is 248 Å². The van der Waals surface area contributed by atoms with E-state index in [0.29, 0.717) is 16.7 Å². The molecule has 5 atom stereocenters. The molecule has 13 nitrogen and oxygen atoms in total. The van der Waals surface area contributed by atoms with E-state index in [9.17, 15) is 34.8 Å². The maximum Gasteiger partial charge on any atom is 0.253 e. The lowest BCUT2D eigenvalue weighted by Crippen LogP contribution is -2.60. The lowest BCUT2D eigenvalue weighted by atomic mass is 9.58. The number of likely N-dealkylation sites (N-methyl/N-ethyl adjacent to an activating group) is 1. The van der Waals surface area contributed by atoms with Crippen molar-refractivity contribution in [3.8, 4) is 5.75 Å². The number of nitrogens with two attached hydrogens (primary N) is 1. The molecule has 13 heteroatoms. The molecule has 2 heterocycles. The van der Waals surface area contributed by atoms with Crippen LogP contribution in [0.1, 0.15) is 30.4 Å². The average Bonchev–Trinajstić information content (AvgIpc) is 3.78. The Bertz CT molecular complexity index is 1570. The standard InChI is InChI=1S/C30H37N5O8/c1-33(2)17-9-16(32-18(36)10-35-11-28(12-35)5-6-28)23(37)20-14(17)7-13-8-15-22(34(3)4)25(39)21(27(31)41)30(42)29(15,43-30)26(40)19(13)24(20)38/h9,13,15,22,37-39,42H,5-8,10-12H2,1-4H3,(H2,31,41)(H,32,36)/t13-,15-,22-,29-,30?/m0/s1. The number of rotatable bonds is 6. The number of amides is 2. The normalized spacial score (nSPS) is 33.3. The van der Waals surface area contributed by atoms with Crippen LogP contribution in [0.5, 0.6) is 5.75 Å². The summed E-state index contributed by atoms with van der Waals surface area (Å²) in [6.45, 7) is 1.94. The van der Waals surface area contributed by atoms with Crippen LogP contribution in [0.4, 0.5) is 11.4 Å². The number of carbonyl (C=O) groups is 3. The molecule has 0 bridgehead atoms. The van der Waals surface area contributed by atoms with E-state index in [4.69, 9.17) is 10.5 Å². The lowest BCUT2D eigenvalue weighted by molar-refractivity contribution is -0.127. The van der Waals surface area contributed by atoms with Crippen molar-refractivity contribution in [1.82, 2.24) is 9.80 Å². The first-order chi connectivity index (χ1) is 20.2. The highest BCUT2D eigenvalue weighted by molar-refractivity contribution is 6.14. The predicted octanol–water partition coefficient (Wildman–Crippen LogP) is 0.222. The van der Waals surface area contributed by atoms with E-state index in [-0.39, 0.29) is 47.9 Å². The van der Waals surface area contributed by atoms with Crippen molar-refractivity contribution in [2.75, 3.05) is 58.0 Å². The molecule has 4 fully saturated rings. The van der Waals surface area contributed by atoms with E-state index in [2.05, 4.69) is 10.2 Å². The fraction of sp³-hybridized carbons (Fsp3) is 0.567. The molecule has 2 aliphatic heterocycles. The highest BCUT2D eigenvalue weighted by Gasteiger charge is 2.86. The Balaban J connectivity index is 1.29. The zero-order valence-corrected chi connectivity index (χ0v) is 24.6. The van der Waals surface area contributed by atoms with Crippen molar-refractivity contribution in [3.63, 3.8) is 0 Å². The van der Waals surface area contributed by atoms with Crippen molar-refractivity contribution in [2.24, 2.45) is 23.0 Å². The van der Waals surface area contributed by atoms with Crippen LogP contribution in [0.3, 0.4) is 0 Å². The number of anilines is 2. The van der Waals surface area contributed by atoms with Gasteiger partial charge >= 0.3 is 0 Å². The number of ether oxygens (including phenoxy) is 1. The third-order valence-corrected chi connectivity index (χ3v) is 10.4. The number of hydrogen-bond acceptors (Lipinski definition) is 11. The van der Waals surface area contributed by atoms with Crippen LogP contribution in [-0.4, -0.2) is 113 Å². The van der Waals surface area contributed by atoms with E-state index in [1.807, 2.05) is 4.90 Å². The van der Waals surface area contributed by atoms with Crippen molar-refractivity contribution in [1.29, 1.82) is 0 Å².